The Morgan fingerprint density at radius 3 is 2.61 bits per heavy atom. The monoisotopic (exact) mass is 422 g/mol. The molecule has 0 unspecified atom stereocenters. The molecule has 2 aliphatic heterocycles. The second kappa shape index (κ2) is 8.59. The molecule has 2 N–H and O–H groups in total. The number of para-hydroxylation sites is 1. The first-order valence-electron chi connectivity index (χ1n) is 10.2. The number of nitrogens with one attached hydrogen (secondary N) is 2. The Labute approximate surface area is 179 Å². The Hall–Kier alpha value is -3.68. The van der Waals surface area contributed by atoms with Crippen molar-refractivity contribution in [2.45, 2.75) is 19.8 Å². The third-order valence-electron chi connectivity index (χ3n) is 5.44. The summed E-state index contributed by atoms with van der Waals surface area (Å²) in [5, 5.41) is 4.89. The summed E-state index contributed by atoms with van der Waals surface area (Å²) in [6, 6.07) is 11.0. The molecule has 0 aliphatic carbocycles. The van der Waals surface area contributed by atoms with Gasteiger partial charge in [0, 0.05) is 18.8 Å². The normalized spacial score (nSPS) is 17.4. The molecule has 4 rings (SSSR count). The van der Waals surface area contributed by atoms with Crippen LogP contribution in [-0.4, -0.2) is 42.4 Å². The summed E-state index contributed by atoms with van der Waals surface area (Å²) in [4.78, 5) is 40.3. The second-order valence-electron chi connectivity index (χ2n) is 7.64. The fourth-order valence-electron chi connectivity index (χ4n) is 3.76. The van der Waals surface area contributed by atoms with E-state index in [-0.39, 0.29) is 11.4 Å². The van der Waals surface area contributed by atoms with E-state index in [1.165, 1.54) is 31.0 Å². The fraction of sp³-hybridized carbons (Fsp3) is 0.261. The number of benzene rings is 2. The molecule has 4 amide bonds. The van der Waals surface area contributed by atoms with Gasteiger partial charge in [0.05, 0.1) is 5.69 Å². The van der Waals surface area contributed by atoms with Crippen molar-refractivity contribution in [3.05, 3.63) is 65.1 Å². The molecule has 2 saturated heterocycles. The average molecular weight is 422 g/mol. The highest BCUT2D eigenvalue weighted by molar-refractivity contribution is 6.16. The van der Waals surface area contributed by atoms with Gasteiger partial charge in [-0.1, -0.05) is 18.2 Å². The zero-order chi connectivity index (χ0) is 22.0. The van der Waals surface area contributed by atoms with E-state index in [0.29, 0.717) is 0 Å². The van der Waals surface area contributed by atoms with Crippen molar-refractivity contribution in [1.82, 2.24) is 10.2 Å². The minimum absolute atomic E-state index is 0.0102. The zero-order valence-electron chi connectivity index (χ0n) is 17.2. The van der Waals surface area contributed by atoms with Crippen molar-refractivity contribution in [2.24, 2.45) is 0 Å². The predicted octanol–water partition coefficient (Wildman–Crippen LogP) is 3.27. The van der Waals surface area contributed by atoms with Gasteiger partial charge in [-0.2, -0.15) is 0 Å². The van der Waals surface area contributed by atoms with E-state index in [4.69, 9.17) is 0 Å². The topological polar surface area (TPSA) is 81.8 Å². The number of hydrogen-bond acceptors (Lipinski definition) is 4. The Morgan fingerprint density at radius 1 is 1.16 bits per heavy atom. The SMILES string of the molecule is Cc1cc(N2CCCC2)ccc1/C=C1/NC(=O)N(CC(=O)Nc2ccccc2F)C1=O. The molecule has 0 bridgehead atoms. The van der Waals surface area contributed by atoms with E-state index in [0.717, 1.165) is 34.8 Å². The number of aryl methyl sites for hydroxylation is 1. The summed E-state index contributed by atoms with van der Waals surface area (Å²) in [5.74, 6) is -1.86. The van der Waals surface area contributed by atoms with Crippen LogP contribution in [0.5, 0.6) is 0 Å². The number of amides is 4. The van der Waals surface area contributed by atoms with E-state index in [1.54, 1.807) is 12.1 Å². The summed E-state index contributed by atoms with van der Waals surface area (Å²) >= 11 is 0. The second-order valence-corrected chi connectivity index (χ2v) is 7.64. The van der Waals surface area contributed by atoms with Gasteiger partial charge in [-0.05, 0) is 61.2 Å². The highest BCUT2D eigenvalue weighted by Crippen LogP contribution is 2.25. The highest BCUT2D eigenvalue weighted by Gasteiger charge is 2.35. The molecule has 2 fully saturated rings. The third-order valence-corrected chi connectivity index (χ3v) is 5.44. The standard InChI is InChI=1S/C23H23FN4O3/c1-15-12-17(27-10-4-5-11-27)9-8-16(15)13-20-22(30)28(23(31)26-20)14-21(29)25-19-7-3-2-6-18(19)24/h2-3,6-9,12-13H,4-5,10-11,14H2,1H3,(H,25,29)(H,26,31)/b20-13+. The number of urea groups is 1. The maximum absolute atomic E-state index is 13.7. The number of hydrogen-bond donors (Lipinski definition) is 2. The van der Waals surface area contributed by atoms with E-state index in [9.17, 15) is 18.8 Å². The Bertz CT molecular complexity index is 1080. The van der Waals surface area contributed by atoms with Gasteiger partial charge in [0.15, 0.2) is 0 Å². The largest absolute Gasteiger partial charge is 0.372 e. The van der Waals surface area contributed by atoms with Crippen LogP contribution in [0.25, 0.3) is 6.08 Å². The van der Waals surface area contributed by atoms with Gasteiger partial charge in [0.2, 0.25) is 5.91 Å². The first-order chi connectivity index (χ1) is 14.9. The molecule has 31 heavy (non-hydrogen) atoms. The molecular weight excluding hydrogens is 399 g/mol. The van der Waals surface area contributed by atoms with E-state index in [1.807, 2.05) is 19.1 Å². The molecule has 0 radical (unpaired) electrons. The molecule has 2 aromatic carbocycles. The molecule has 7 nitrogen and oxygen atoms in total. The molecular formula is C23H23FN4O3. The van der Waals surface area contributed by atoms with Crippen molar-refractivity contribution < 1.29 is 18.8 Å². The van der Waals surface area contributed by atoms with Gasteiger partial charge in [0.1, 0.15) is 18.1 Å². The number of nitrogens with zero attached hydrogens (tertiary/aromatic N) is 2. The minimum atomic E-state index is -0.689. The van der Waals surface area contributed by atoms with Gasteiger partial charge < -0.3 is 15.5 Å². The average Bonchev–Trinajstić information content (AvgIpc) is 3.36. The van der Waals surface area contributed by atoms with Gasteiger partial charge in [-0.3, -0.25) is 9.59 Å². The lowest BCUT2D eigenvalue weighted by Crippen LogP contribution is -2.38. The lowest BCUT2D eigenvalue weighted by molar-refractivity contribution is -0.127. The van der Waals surface area contributed by atoms with Crippen molar-refractivity contribution in [1.29, 1.82) is 0 Å². The van der Waals surface area contributed by atoms with Crippen molar-refractivity contribution in [3.8, 4) is 0 Å². The molecule has 0 aromatic heterocycles. The minimum Gasteiger partial charge on any atom is -0.372 e. The summed E-state index contributed by atoms with van der Waals surface area (Å²) in [6.45, 7) is 3.52. The molecule has 0 saturated carbocycles. The third kappa shape index (κ3) is 4.42. The van der Waals surface area contributed by atoms with Crippen LogP contribution in [0.2, 0.25) is 0 Å². The zero-order valence-corrected chi connectivity index (χ0v) is 17.2. The van der Waals surface area contributed by atoms with Crippen LogP contribution in [0, 0.1) is 12.7 Å². The first-order valence-corrected chi connectivity index (χ1v) is 10.2. The van der Waals surface area contributed by atoms with Gasteiger partial charge >= 0.3 is 6.03 Å². The lowest BCUT2D eigenvalue weighted by Gasteiger charge is -2.18. The number of anilines is 2. The number of halogens is 1. The smallest absolute Gasteiger partial charge is 0.329 e. The van der Waals surface area contributed by atoms with Crippen LogP contribution in [0.3, 0.4) is 0 Å². The van der Waals surface area contributed by atoms with Crippen LogP contribution in [0.15, 0.2) is 48.2 Å². The summed E-state index contributed by atoms with van der Waals surface area (Å²) in [5.41, 5.74) is 3.02. The molecule has 2 aromatic rings. The summed E-state index contributed by atoms with van der Waals surface area (Å²) in [7, 11) is 0. The van der Waals surface area contributed by atoms with E-state index in [2.05, 4.69) is 21.6 Å². The number of imide groups is 1. The molecule has 2 heterocycles. The van der Waals surface area contributed by atoms with Crippen LogP contribution in [0.1, 0.15) is 24.0 Å². The maximum Gasteiger partial charge on any atom is 0.329 e. The lowest BCUT2D eigenvalue weighted by atomic mass is 10.1. The first kappa shape index (κ1) is 20.6. The highest BCUT2D eigenvalue weighted by atomic mass is 19.1. The summed E-state index contributed by atoms with van der Waals surface area (Å²) in [6.07, 6.45) is 3.98. The molecule has 0 atom stereocenters. The van der Waals surface area contributed by atoms with Gasteiger partial charge in [-0.15, -0.1) is 0 Å². The quantitative estimate of drug-likeness (QED) is 0.573. The van der Waals surface area contributed by atoms with Crippen molar-refractivity contribution >= 4 is 35.3 Å². The molecule has 8 heteroatoms. The fourth-order valence-corrected chi connectivity index (χ4v) is 3.76. The maximum atomic E-state index is 13.7. The van der Waals surface area contributed by atoms with Crippen molar-refractivity contribution in [3.63, 3.8) is 0 Å². The van der Waals surface area contributed by atoms with Crippen LogP contribution >= 0.6 is 0 Å². The Kier molecular flexibility index (Phi) is 5.70. The predicted molar refractivity (Wildman–Crippen MR) is 116 cm³/mol. The number of carbonyl (C=O) groups excluding carboxylic acids is 3. The Morgan fingerprint density at radius 2 is 1.90 bits per heavy atom. The summed E-state index contributed by atoms with van der Waals surface area (Å²) < 4.78 is 13.7. The van der Waals surface area contributed by atoms with E-state index < -0.39 is 30.2 Å². The molecule has 0 spiro atoms. The van der Waals surface area contributed by atoms with Crippen molar-refractivity contribution in [2.75, 3.05) is 29.9 Å². The van der Waals surface area contributed by atoms with Gasteiger partial charge in [-0.25, -0.2) is 14.1 Å². The molecule has 2 aliphatic rings. The van der Waals surface area contributed by atoms with Crippen LogP contribution < -0.4 is 15.5 Å². The van der Waals surface area contributed by atoms with Crippen LogP contribution in [-0.2, 0) is 9.59 Å². The molecule has 160 valence electrons. The van der Waals surface area contributed by atoms with Gasteiger partial charge in [0.25, 0.3) is 5.91 Å². The van der Waals surface area contributed by atoms with Crippen LogP contribution in [0.4, 0.5) is 20.6 Å². The van der Waals surface area contributed by atoms with E-state index >= 15 is 0 Å². The number of carbonyl (C=O) groups is 3. The number of rotatable bonds is 5. The Balaban J connectivity index is 1.45.